The number of carbonyl (C=O) groups is 3. The van der Waals surface area contributed by atoms with Gasteiger partial charge in [-0.05, 0) is 70.6 Å². The highest BCUT2D eigenvalue weighted by atomic mass is 16.6. The summed E-state index contributed by atoms with van der Waals surface area (Å²) in [6.45, 7) is 6.72. The summed E-state index contributed by atoms with van der Waals surface area (Å²) in [7, 11) is 0. The molecule has 81 heavy (non-hydrogen) atoms. The number of hydrogen-bond acceptors (Lipinski definition) is 6. The maximum atomic E-state index is 13.0. The van der Waals surface area contributed by atoms with Crippen molar-refractivity contribution in [3.63, 3.8) is 0 Å². The summed E-state index contributed by atoms with van der Waals surface area (Å²) >= 11 is 0. The van der Waals surface area contributed by atoms with E-state index >= 15 is 0 Å². The van der Waals surface area contributed by atoms with Crippen molar-refractivity contribution in [2.75, 3.05) is 13.2 Å². The van der Waals surface area contributed by atoms with Crippen molar-refractivity contribution in [2.45, 2.75) is 425 Å². The summed E-state index contributed by atoms with van der Waals surface area (Å²) in [5, 5.41) is 0. The van der Waals surface area contributed by atoms with Crippen LogP contribution in [0.3, 0.4) is 0 Å². The Kier molecular flexibility index (Phi) is 68.5. The Bertz CT molecular complexity index is 1310. The third-order valence-corrected chi connectivity index (χ3v) is 16.9. The fraction of sp³-hybridized carbons (Fsp3) is 0.907. The lowest BCUT2D eigenvalue weighted by Crippen LogP contribution is -2.30. The fourth-order valence-corrected chi connectivity index (χ4v) is 11.4. The summed E-state index contributed by atoms with van der Waals surface area (Å²) in [4.78, 5) is 38.5. The predicted molar refractivity (Wildman–Crippen MR) is 353 cm³/mol. The van der Waals surface area contributed by atoms with Crippen molar-refractivity contribution < 1.29 is 28.6 Å². The molecule has 0 aromatic carbocycles. The SMILES string of the molecule is CCCCCCCC/C=C\CCCCCCCCCCCC(=O)OCC(COC(=O)CCCCCCCCCCCCCCCCCCCCCCCCCCC)OC(=O)CCCCCCCCCCC/C=C\CCCCCCCC. The zero-order chi connectivity index (χ0) is 58.5. The summed E-state index contributed by atoms with van der Waals surface area (Å²) in [5.41, 5.74) is 0. The molecule has 0 aliphatic heterocycles. The van der Waals surface area contributed by atoms with Gasteiger partial charge < -0.3 is 14.2 Å². The van der Waals surface area contributed by atoms with Crippen LogP contribution in [0, 0.1) is 0 Å². The molecule has 0 radical (unpaired) electrons. The minimum Gasteiger partial charge on any atom is -0.462 e. The van der Waals surface area contributed by atoms with Gasteiger partial charge in [-0.3, -0.25) is 14.4 Å². The summed E-state index contributed by atoms with van der Waals surface area (Å²) in [6.07, 6.45) is 86.4. The van der Waals surface area contributed by atoms with Gasteiger partial charge in [-0.25, -0.2) is 0 Å². The van der Waals surface area contributed by atoms with Gasteiger partial charge in [-0.2, -0.15) is 0 Å². The lowest BCUT2D eigenvalue weighted by atomic mass is 10.0. The molecule has 0 spiro atoms. The van der Waals surface area contributed by atoms with Crippen LogP contribution in [0.15, 0.2) is 24.3 Å². The van der Waals surface area contributed by atoms with E-state index in [4.69, 9.17) is 14.2 Å². The van der Waals surface area contributed by atoms with Crippen LogP contribution in [0.2, 0.25) is 0 Å². The minimum atomic E-state index is -0.772. The number of rotatable bonds is 69. The molecule has 0 N–H and O–H groups in total. The smallest absolute Gasteiger partial charge is 0.306 e. The molecule has 0 aliphatic carbocycles. The van der Waals surface area contributed by atoms with E-state index in [1.165, 1.54) is 321 Å². The molecule has 0 saturated carbocycles. The predicted octanol–water partition coefficient (Wildman–Crippen LogP) is 25.3. The lowest BCUT2D eigenvalue weighted by Gasteiger charge is -2.18. The van der Waals surface area contributed by atoms with Gasteiger partial charge in [0.25, 0.3) is 0 Å². The van der Waals surface area contributed by atoms with Gasteiger partial charge in [0.05, 0.1) is 0 Å². The normalized spacial score (nSPS) is 12.1. The number of ether oxygens (including phenoxy) is 3. The molecule has 0 aromatic rings. The van der Waals surface area contributed by atoms with E-state index in [2.05, 4.69) is 45.1 Å². The van der Waals surface area contributed by atoms with Crippen LogP contribution in [0.4, 0.5) is 0 Å². The van der Waals surface area contributed by atoms with E-state index in [-0.39, 0.29) is 31.1 Å². The molecule has 0 saturated heterocycles. The van der Waals surface area contributed by atoms with Crippen LogP contribution >= 0.6 is 0 Å². The van der Waals surface area contributed by atoms with Gasteiger partial charge in [0.1, 0.15) is 13.2 Å². The Morgan fingerprint density at radius 3 is 0.617 bits per heavy atom. The molecule has 0 aliphatic rings. The quantitative estimate of drug-likeness (QED) is 0.0261. The van der Waals surface area contributed by atoms with Crippen molar-refractivity contribution in [3.05, 3.63) is 24.3 Å². The number of allylic oxidation sites excluding steroid dienone is 4. The topological polar surface area (TPSA) is 78.9 Å². The van der Waals surface area contributed by atoms with Crippen LogP contribution in [-0.2, 0) is 28.6 Å². The zero-order valence-electron chi connectivity index (χ0n) is 55.1. The fourth-order valence-electron chi connectivity index (χ4n) is 11.4. The molecule has 0 aromatic heterocycles. The highest BCUT2D eigenvalue weighted by molar-refractivity contribution is 5.71. The van der Waals surface area contributed by atoms with Crippen LogP contribution in [0.25, 0.3) is 0 Å². The Balaban J connectivity index is 4.27. The molecular weight excluding hydrogens is 997 g/mol. The van der Waals surface area contributed by atoms with Crippen molar-refractivity contribution in [1.82, 2.24) is 0 Å². The summed E-state index contributed by atoms with van der Waals surface area (Å²) in [6, 6.07) is 0. The van der Waals surface area contributed by atoms with Crippen LogP contribution < -0.4 is 0 Å². The monoisotopic (exact) mass is 1140 g/mol. The molecule has 0 heterocycles. The molecular formula is C75H142O6. The van der Waals surface area contributed by atoms with Crippen molar-refractivity contribution in [2.24, 2.45) is 0 Å². The Hall–Kier alpha value is -2.11. The molecule has 478 valence electrons. The highest BCUT2D eigenvalue weighted by Crippen LogP contribution is 2.19. The molecule has 0 amide bonds. The molecule has 0 rings (SSSR count). The van der Waals surface area contributed by atoms with E-state index in [0.717, 1.165) is 57.8 Å². The standard InChI is InChI=1S/C75H142O6/c1-4-7-10-13-16-19-22-25-28-31-34-35-36-37-38-39-42-44-47-50-53-56-59-62-65-68-74(77)80-71-72(81-75(78)69-66-63-60-57-54-51-48-45-41-33-30-27-24-21-18-15-12-9-6-3)70-79-73(76)67-64-61-58-55-52-49-46-43-40-32-29-26-23-20-17-14-11-8-5-2/h26-27,29-30,72H,4-25,28,31-71H2,1-3H3/b29-26-,30-27-. The summed E-state index contributed by atoms with van der Waals surface area (Å²) < 4.78 is 17.0. The lowest BCUT2D eigenvalue weighted by molar-refractivity contribution is -0.167. The second kappa shape index (κ2) is 70.4. The van der Waals surface area contributed by atoms with E-state index < -0.39 is 6.10 Å². The van der Waals surface area contributed by atoms with E-state index in [0.29, 0.717) is 19.3 Å². The molecule has 6 nitrogen and oxygen atoms in total. The average Bonchev–Trinajstić information content (AvgIpc) is 3.47. The second-order valence-electron chi connectivity index (χ2n) is 25.2. The number of hydrogen-bond donors (Lipinski definition) is 0. The highest BCUT2D eigenvalue weighted by Gasteiger charge is 2.20. The van der Waals surface area contributed by atoms with Crippen LogP contribution in [0.1, 0.15) is 419 Å². The Labute approximate surface area is 506 Å². The molecule has 1 atom stereocenters. The van der Waals surface area contributed by atoms with Crippen LogP contribution in [0.5, 0.6) is 0 Å². The number of carbonyl (C=O) groups excluding carboxylic acids is 3. The van der Waals surface area contributed by atoms with Crippen molar-refractivity contribution in [3.8, 4) is 0 Å². The third-order valence-electron chi connectivity index (χ3n) is 16.9. The number of unbranched alkanes of at least 4 members (excludes halogenated alkanes) is 54. The molecule has 6 heteroatoms. The molecule has 0 fully saturated rings. The minimum absolute atomic E-state index is 0.0667. The van der Waals surface area contributed by atoms with E-state index in [9.17, 15) is 14.4 Å². The first-order valence-corrected chi connectivity index (χ1v) is 36.8. The second-order valence-corrected chi connectivity index (χ2v) is 25.2. The summed E-state index contributed by atoms with van der Waals surface area (Å²) in [5.74, 6) is -0.836. The van der Waals surface area contributed by atoms with Gasteiger partial charge in [-0.15, -0.1) is 0 Å². The van der Waals surface area contributed by atoms with Gasteiger partial charge in [-0.1, -0.05) is 353 Å². The maximum absolute atomic E-state index is 13.0. The largest absolute Gasteiger partial charge is 0.462 e. The molecule has 1 unspecified atom stereocenters. The average molecular weight is 1140 g/mol. The third kappa shape index (κ3) is 68.6. The van der Waals surface area contributed by atoms with Gasteiger partial charge in [0.15, 0.2) is 6.10 Å². The van der Waals surface area contributed by atoms with Crippen LogP contribution in [-0.4, -0.2) is 37.2 Å². The Morgan fingerprint density at radius 2 is 0.407 bits per heavy atom. The maximum Gasteiger partial charge on any atom is 0.306 e. The van der Waals surface area contributed by atoms with Gasteiger partial charge in [0.2, 0.25) is 0 Å². The van der Waals surface area contributed by atoms with Crippen molar-refractivity contribution in [1.29, 1.82) is 0 Å². The van der Waals surface area contributed by atoms with Crippen molar-refractivity contribution >= 4 is 17.9 Å². The van der Waals surface area contributed by atoms with Gasteiger partial charge >= 0.3 is 17.9 Å². The van der Waals surface area contributed by atoms with Gasteiger partial charge in [0, 0.05) is 19.3 Å². The van der Waals surface area contributed by atoms with E-state index in [1.54, 1.807) is 0 Å². The first-order chi connectivity index (χ1) is 40.0. The number of esters is 3. The first-order valence-electron chi connectivity index (χ1n) is 36.8. The first kappa shape index (κ1) is 78.9. The van der Waals surface area contributed by atoms with E-state index in [1.807, 2.05) is 0 Å². The zero-order valence-corrected chi connectivity index (χ0v) is 55.1. The Morgan fingerprint density at radius 1 is 0.235 bits per heavy atom. The molecule has 0 bridgehead atoms.